The Kier molecular flexibility index (Phi) is 5.31. The maximum Gasteiger partial charge on any atom is 0.408 e. The van der Waals surface area contributed by atoms with Gasteiger partial charge in [-0.3, -0.25) is 4.98 Å². The molecule has 2 rings (SSSR count). The Labute approximate surface area is 144 Å². The first-order valence-electron chi connectivity index (χ1n) is 6.44. The second-order valence-corrected chi connectivity index (χ2v) is 6.91. The van der Waals surface area contributed by atoms with E-state index in [0.29, 0.717) is 12.1 Å². The number of rotatable bonds is 4. The fourth-order valence-corrected chi connectivity index (χ4v) is 3.25. The van der Waals surface area contributed by atoms with Gasteiger partial charge in [-0.1, -0.05) is 17.7 Å². The van der Waals surface area contributed by atoms with E-state index in [2.05, 4.69) is 4.98 Å². The molecule has 2 aromatic rings. The Morgan fingerprint density at radius 2 is 1.92 bits per heavy atom. The Morgan fingerprint density at radius 3 is 2.48 bits per heavy atom. The van der Waals surface area contributed by atoms with Crippen molar-refractivity contribution in [2.24, 2.45) is 0 Å². The maximum atomic E-state index is 13.3. The van der Waals surface area contributed by atoms with Crippen LogP contribution in [-0.4, -0.2) is 19.6 Å². The quantitative estimate of drug-likeness (QED) is 0.808. The molecule has 132 valence electrons. The average molecular weight is 394 g/mol. The van der Waals surface area contributed by atoms with E-state index in [0.717, 1.165) is 24.5 Å². The van der Waals surface area contributed by atoms with E-state index in [1.165, 1.54) is 4.72 Å². The van der Waals surface area contributed by atoms with Crippen molar-refractivity contribution in [3.8, 4) is 6.07 Å². The number of nitrogens with zero attached hydrogens (tertiary/aromatic N) is 2. The van der Waals surface area contributed by atoms with Crippen molar-refractivity contribution < 1.29 is 26.0 Å². The summed E-state index contributed by atoms with van der Waals surface area (Å²) >= 11 is 5.47. The number of hydrogen-bond acceptors (Lipinski definition) is 4. The highest BCUT2D eigenvalue weighted by Gasteiger charge is 2.43. The molecule has 0 aliphatic rings. The molecule has 0 radical (unpaired) electrons. The zero-order valence-corrected chi connectivity index (χ0v) is 13.6. The van der Waals surface area contributed by atoms with Gasteiger partial charge in [-0.25, -0.2) is 12.8 Å². The van der Waals surface area contributed by atoms with Gasteiger partial charge in [0.1, 0.15) is 22.8 Å². The lowest BCUT2D eigenvalue weighted by molar-refractivity contribution is -0.153. The average Bonchev–Trinajstić information content (AvgIpc) is 2.54. The maximum absolute atomic E-state index is 13.3. The number of nitriles is 1. The summed E-state index contributed by atoms with van der Waals surface area (Å²) < 4.78 is 79.0. The van der Waals surface area contributed by atoms with Gasteiger partial charge in [-0.15, -0.1) is 0 Å². The first-order valence-corrected chi connectivity index (χ1v) is 8.30. The van der Waals surface area contributed by atoms with E-state index in [1.54, 1.807) is 6.07 Å². The molecule has 1 atom stereocenters. The first-order chi connectivity index (χ1) is 11.5. The zero-order valence-electron chi connectivity index (χ0n) is 12.1. The summed E-state index contributed by atoms with van der Waals surface area (Å²) in [5.74, 6) is -0.944. The summed E-state index contributed by atoms with van der Waals surface area (Å²) in [5, 5.41) is 8.15. The van der Waals surface area contributed by atoms with Crippen LogP contribution in [0.5, 0.6) is 0 Å². The summed E-state index contributed by atoms with van der Waals surface area (Å²) in [4.78, 5) is 2.88. The largest absolute Gasteiger partial charge is 0.408 e. The van der Waals surface area contributed by atoms with Crippen LogP contribution in [0.25, 0.3) is 0 Å². The van der Waals surface area contributed by atoms with Crippen molar-refractivity contribution in [3.05, 3.63) is 58.6 Å². The highest BCUT2D eigenvalue weighted by Crippen LogP contribution is 2.35. The number of pyridine rings is 1. The number of halogens is 5. The minimum Gasteiger partial charge on any atom is -0.262 e. The molecule has 25 heavy (non-hydrogen) atoms. The van der Waals surface area contributed by atoms with E-state index in [9.17, 15) is 26.0 Å². The molecule has 0 spiro atoms. The predicted octanol–water partition coefficient (Wildman–Crippen LogP) is 3.33. The van der Waals surface area contributed by atoms with Gasteiger partial charge in [0, 0.05) is 12.4 Å². The van der Waals surface area contributed by atoms with Crippen LogP contribution >= 0.6 is 11.6 Å². The minimum atomic E-state index is -5.02. The molecule has 0 bridgehead atoms. The third-order valence-corrected chi connectivity index (χ3v) is 4.71. The lowest BCUT2D eigenvalue weighted by atomic mass is 10.1. The Hall–Kier alpha value is -2.22. The van der Waals surface area contributed by atoms with Gasteiger partial charge in [-0.2, -0.15) is 23.2 Å². The molecule has 1 unspecified atom stereocenters. The molecule has 0 fully saturated rings. The van der Waals surface area contributed by atoms with Crippen molar-refractivity contribution in [2.75, 3.05) is 0 Å². The number of alkyl halides is 3. The Bertz CT molecular complexity index is 942. The van der Waals surface area contributed by atoms with E-state index < -0.39 is 43.5 Å². The van der Waals surface area contributed by atoms with E-state index in [-0.39, 0.29) is 5.56 Å². The van der Waals surface area contributed by atoms with Gasteiger partial charge in [0.05, 0.1) is 10.6 Å². The van der Waals surface area contributed by atoms with Crippen LogP contribution in [0.4, 0.5) is 17.6 Å². The lowest BCUT2D eigenvalue weighted by Gasteiger charge is -2.22. The molecule has 0 aliphatic carbocycles. The molecule has 1 aromatic carbocycles. The fraction of sp³-hybridized carbons (Fsp3) is 0.143. The first kappa shape index (κ1) is 19.1. The molecular weight excluding hydrogens is 386 g/mol. The molecule has 1 heterocycles. The molecule has 0 saturated carbocycles. The summed E-state index contributed by atoms with van der Waals surface area (Å²) in [5.41, 5.74) is -0.733. The smallest absolute Gasteiger partial charge is 0.262 e. The van der Waals surface area contributed by atoms with Crippen molar-refractivity contribution in [3.63, 3.8) is 0 Å². The number of hydrogen-bond donors (Lipinski definition) is 1. The van der Waals surface area contributed by atoms with Crippen LogP contribution in [-0.2, 0) is 10.0 Å². The molecular formula is C14H8ClF4N3O2S. The van der Waals surface area contributed by atoms with Crippen molar-refractivity contribution in [1.29, 1.82) is 5.26 Å². The summed E-state index contributed by atoms with van der Waals surface area (Å²) in [7, 11) is -4.67. The highest BCUT2D eigenvalue weighted by atomic mass is 35.5. The molecule has 0 saturated heterocycles. The molecule has 1 aromatic heterocycles. The minimum absolute atomic E-state index is 0.142. The highest BCUT2D eigenvalue weighted by molar-refractivity contribution is 7.89. The van der Waals surface area contributed by atoms with Crippen LogP contribution < -0.4 is 4.72 Å². The van der Waals surface area contributed by atoms with Gasteiger partial charge in [0.2, 0.25) is 10.0 Å². The van der Waals surface area contributed by atoms with Gasteiger partial charge in [-0.05, 0) is 23.8 Å². The van der Waals surface area contributed by atoms with Gasteiger partial charge in [0.15, 0.2) is 0 Å². The summed E-state index contributed by atoms with van der Waals surface area (Å²) in [6.07, 6.45) is -3.16. The van der Waals surface area contributed by atoms with Crippen LogP contribution in [0.1, 0.15) is 17.2 Å². The predicted molar refractivity (Wildman–Crippen MR) is 79.5 cm³/mol. The summed E-state index contributed by atoms with van der Waals surface area (Å²) in [6.45, 7) is 0. The Morgan fingerprint density at radius 1 is 1.24 bits per heavy atom. The van der Waals surface area contributed by atoms with E-state index in [4.69, 9.17) is 16.9 Å². The van der Waals surface area contributed by atoms with Crippen molar-refractivity contribution in [1.82, 2.24) is 9.71 Å². The van der Waals surface area contributed by atoms with Gasteiger partial charge < -0.3 is 0 Å². The van der Waals surface area contributed by atoms with Gasteiger partial charge in [0.25, 0.3) is 0 Å². The molecule has 0 amide bonds. The fourth-order valence-electron chi connectivity index (χ4n) is 1.87. The van der Waals surface area contributed by atoms with Crippen LogP contribution in [0.2, 0.25) is 5.02 Å². The zero-order chi connectivity index (χ0) is 18.8. The molecule has 1 N–H and O–H groups in total. The van der Waals surface area contributed by atoms with E-state index >= 15 is 0 Å². The molecule has 0 aliphatic heterocycles. The topological polar surface area (TPSA) is 82.8 Å². The normalized spacial score (nSPS) is 13.3. The second kappa shape index (κ2) is 6.95. The van der Waals surface area contributed by atoms with Crippen molar-refractivity contribution >= 4 is 21.6 Å². The standard InChI is InChI=1S/C14H8ClF4N3O2S/c15-11-4-9(1-2-12(11)16)13(14(17,18)19)22-25(23,24)10-3-8(5-20)6-21-7-10/h1-4,6-7,13,22H. The molecule has 5 nitrogen and oxygen atoms in total. The molecule has 11 heteroatoms. The number of nitrogens with one attached hydrogen (secondary N) is 1. The number of sulfonamides is 1. The third-order valence-electron chi connectivity index (χ3n) is 3.03. The third kappa shape index (κ3) is 4.45. The van der Waals surface area contributed by atoms with E-state index in [1.807, 2.05) is 0 Å². The Balaban J connectivity index is 2.46. The van der Waals surface area contributed by atoms with Crippen LogP contribution in [0.15, 0.2) is 41.6 Å². The SMILES string of the molecule is N#Cc1cncc(S(=O)(=O)NC(c2ccc(F)c(Cl)c2)C(F)(F)F)c1. The second-order valence-electron chi connectivity index (χ2n) is 4.79. The van der Waals surface area contributed by atoms with Gasteiger partial charge >= 0.3 is 6.18 Å². The monoisotopic (exact) mass is 393 g/mol. The number of aromatic nitrogens is 1. The van der Waals surface area contributed by atoms with Crippen LogP contribution in [0.3, 0.4) is 0 Å². The summed E-state index contributed by atoms with van der Waals surface area (Å²) in [6, 6.07) is 1.99. The van der Waals surface area contributed by atoms with Crippen LogP contribution in [0, 0.1) is 17.1 Å². The van der Waals surface area contributed by atoms with Crippen molar-refractivity contribution in [2.45, 2.75) is 17.1 Å². The lowest BCUT2D eigenvalue weighted by Crippen LogP contribution is -2.38. The number of benzene rings is 1.